The molecule has 3 aliphatic rings. The average molecular weight is 301 g/mol. The van der Waals surface area contributed by atoms with Crippen LogP contribution in [0.3, 0.4) is 0 Å². The van der Waals surface area contributed by atoms with Crippen molar-refractivity contribution in [1.82, 2.24) is 0 Å². The van der Waals surface area contributed by atoms with Gasteiger partial charge in [-0.25, -0.2) is 0 Å². The predicted molar refractivity (Wildman–Crippen MR) is 96.9 cm³/mol. The third kappa shape index (κ3) is 4.74. The van der Waals surface area contributed by atoms with Crippen molar-refractivity contribution in [1.29, 1.82) is 0 Å². The Morgan fingerprint density at radius 2 is 1.18 bits per heavy atom. The lowest BCUT2D eigenvalue weighted by Gasteiger charge is -2.30. The Hall–Kier alpha value is -0.520. The molecule has 0 aromatic rings. The summed E-state index contributed by atoms with van der Waals surface area (Å²) in [6, 6.07) is 0. The van der Waals surface area contributed by atoms with Gasteiger partial charge in [0.2, 0.25) is 0 Å². The lowest BCUT2D eigenvalue weighted by Crippen LogP contribution is -2.18. The number of hydrogen-bond acceptors (Lipinski definition) is 0. The Morgan fingerprint density at radius 1 is 0.636 bits per heavy atom. The second-order valence-corrected chi connectivity index (χ2v) is 8.12. The van der Waals surface area contributed by atoms with Crippen molar-refractivity contribution >= 4 is 0 Å². The quantitative estimate of drug-likeness (QED) is 0.505. The molecule has 0 N–H and O–H groups in total. The van der Waals surface area contributed by atoms with Gasteiger partial charge < -0.3 is 0 Å². The van der Waals surface area contributed by atoms with Crippen LogP contribution in [0.2, 0.25) is 0 Å². The second kappa shape index (κ2) is 8.94. The Labute approximate surface area is 138 Å². The molecule has 3 rings (SSSR count). The van der Waals surface area contributed by atoms with E-state index in [2.05, 4.69) is 18.2 Å². The van der Waals surface area contributed by atoms with Crippen LogP contribution in [0, 0.1) is 17.8 Å². The fourth-order valence-electron chi connectivity index (χ4n) is 5.04. The van der Waals surface area contributed by atoms with Gasteiger partial charge in [-0.15, -0.1) is 0 Å². The SMILES string of the molecule is C1=CC(C2CCCCCCC2)=CC(C2CCCCCCC2)C1. The summed E-state index contributed by atoms with van der Waals surface area (Å²) in [4.78, 5) is 0. The normalized spacial score (nSPS) is 30.0. The minimum Gasteiger partial charge on any atom is -0.0837 e. The molecule has 0 aliphatic heterocycles. The first kappa shape index (κ1) is 16.3. The van der Waals surface area contributed by atoms with E-state index in [1.54, 1.807) is 5.57 Å². The third-order valence-electron chi connectivity index (χ3n) is 6.46. The monoisotopic (exact) mass is 300 g/mol. The Bertz CT molecular complexity index is 359. The molecule has 3 aliphatic carbocycles. The minimum absolute atomic E-state index is 0.864. The van der Waals surface area contributed by atoms with E-state index >= 15 is 0 Å². The Balaban J connectivity index is 1.62. The first-order chi connectivity index (χ1) is 10.9. The second-order valence-electron chi connectivity index (χ2n) is 8.12. The van der Waals surface area contributed by atoms with Gasteiger partial charge in [0.05, 0.1) is 0 Å². The lowest BCUT2D eigenvalue weighted by molar-refractivity contribution is 0.301. The van der Waals surface area contributed by atoms with Crippen LogP contribution in [-0.4, -0.2) is 0 Å². The Morgan fingerprint density at radius 3 is 1.82 bits per heavy atom. The van der Waals surface area contributed by atoms with Crippen molar-refractivity contribution in [2.24, 2.45) is 17.8 Å². The zero-order valence-corrected chi connectivity index (χ0v) is 14.6. The van der Waals surface area contributed by atoms with E-state index in [-0.39, 0.29) is 0 Å². The molecular weight excluding hydrogens is 264 g/mol. The standard InChI is InChI=1S/C22H36/c1-3-7-12-19(13-8-4-1)21-16-11-17-22(18-21)20-14-9-5-2-6-10-15-20/h11,16,18-20,22H,1-10,12-15,17H2. The predicted octanol–water partition coefficient (Wildman–Crippen LogP) is 7.21. The molecule has 0 aromatic carbocycles. The van der Waals surface area contributed by atoms with Gasteiger partial charge >= 0.3 is 0 Å². The maximum atomic E-state index is 2.73. The molecule has 0 heteroatoms. The molecule has 0 saturated heterocycles. The van der Waals surface area contributed by atoms with Crippen molar-refractivity contribution in [3.8, 4) is 0 Å². The molecule has 22 heavy (non-hydrogen) atoms. The van der Waals surface area contributed by atoms with Crippen LogP contribution in [0.1, 0.15) is 96.3 Å². The van der Waals surface area contributed by atoms with E-state index in [1.807, 2.05) is 0 Å². The van der Waals surface area contributed by atoms with Gasteiger partial charge in [0.15, 0.2) is 0 Å². The maximum Gasteiger partial charge on any atom is -0.0165 e. The van der Waals surface area contributed by atoms with E-state index in [0.29, 0.717) is 0 Å². The van der Waals surface area contributed by atoms with Crippen LogP contribution < -0.4 is 0 Å². The molecule has 1 unspecified atom stereocenters. The topological polar surface area (TPSA) is 0 Å². The van der Waals surface area contributed by atoms with Crippen LogP contribution in [0.25, 0.3) is 0 Å². The maximum absolute atomic E-state index is 2.73. The number of rotatable bonds is 2. The van der Waals surface area contributed by atoms with E-state index in [0.717, 1.165) is 17.8 Å². The highest BCUT2D eigenvalue weighted by atomic mass is 14.3. The molecule has 0 nitrogen and oxygen atoms in total. The van der Waals surface area contributed by atoms with Gasteiger partial charge in [-0.3, -0.25) is 0 Å². The van der Waals surface area contributed by atoms with Crippen LogP contribution in [-0.2, 0) is 0 Å². The average Bonchev–Trinajstić information content (AvgIpc) is 2.46. The van der Waals surface area contributed by atoms with Crippen LogP contribution >= 0.6 is 0 Å². The smallest absolute Gasteiger partial charge is 0.0165 e. The van der Waals surface area contributed by atoms with Gasteiger partial charge in [-0.1, -0.05) is 82.4 Å². The lowest BCUT2D eigenvalue weighted by atomic mass is 9.75. The fraction of sp³-hybridized carbons (Fsp3) is 0.818. The molecule has 0 radical (unpaired) electrons. The molecule has 0 amide bonds. The van der Waals surface area contributed by atoms with Crippen LogP contribution in [0.5, 0.6) is 0 Å². The Kier molecular flexibility index (Phi) is 6.64. The van der Waals surface area contributed by atoms with E-state index in [4.69, 9.17) is 0 Å². The highest BCUT2D eigenvalue weighted by Crippen LogP contribution is 2.37. The number of hydrogen-bond donors (Lipinski definition) is 0. The molecule has 2 fully saturated rings. The summed E-state index contributed by atoms with van der Waals surface area (Å²) in [7, 11) is 0. The van der Waals surface area contributed by atoms with E-state index < -0.39 is 0 Å². The minimum atomic E-state index is 0.864. The first-order valence-electron chi connectivity index (χ1n) is 10.3. The summed E-state index contributed by atoms with van der Waals surface area (Å²) in [5.41, 5.74) is 1.72. The van der Waals surface area contributed by atoms with Crippen molar-refractivity contribution in [3.63, 3.8) is 0 Å². The highest BCUT2D eigenvalue weighted by Gasteiger charge is 2.24. The van der Waals surface area contributed by atoms with Crippen LogP contribution in [0.4, 0.5) is 0 Å². The van der Waals surface area contributed by atoms with Gasteiger partial charge in [-0.2, -0.15) is 0 Å². The summed E-state index contributed by atoms with van der Waals surface area (Å²) in [6.07, 6.45) is 29.7. The molecule has 2 saturated carbocycles. The largest absolute Gasteiger partial charge is 0.0837 e. The van der Waals surface area contributed by atoms with Gasteiger partial charge in [0.25, 0.3) is 0 Å². The van der Waals surface area contributed by atoms with E-state index in [1.165, 1.54) is 96.3 Å². The van der Waals surface area contributed by atoms with Crippen LogP contribution in [0.15, 0.2) is 23.8 Å². The van der Waals surface area contributed by atoms with Gasteiger partial charge in [-0.05, 0) is 55.4 Å². The highest BCUT2D eigenvalue weighted by molar-refractivity contribution is 5.27. The zero-order chi connectivity index (χ0) is 15.0. The van der Waals surface area contributed by atoms with Crippen molar-refractivity contribution in [3.05, 3.63) is 23.8 Å². The van der Waals surface area contributed by atoms with Crippen molar-refractivity contribution < 1.29 is 0 Å². The van der Waals surface area contributed by atoms with E-state index in [9.17, 15) is 0 Å². The molecule has 0 aromatic heterocycles. The molecule has 0 bridgehead atoms. The molecule has 0 heterocycles. The summed E-state index contributed by atoms with van der Waals surface area (Å²) in [5, 5.41) is 0. The number of allylic oxidation sites excluding steroid dienone is 4. The van der Waals surface area contributed by atoms with Gasteiger partial charge in [0.1, 0.15) is 0 Å². The summed E-state index contributed by atoms with van der Waals surface area (Å²) >= 11 is 0. The summed E-state index contributed by atoms with van der Waals surface area (Å²) in [5.74, 6) is 2.73. The summed E-state index contributed by atoms with van der Waals surface area (Å²) in [6.45, 7) is 0. The third-order valence-corrected chi connectivity index (χ3v) is 6.46. The van der Waals surface area contributed by atoms with Crippen molar-refractivity contribution in [2.75, 3.05) is 0 Å². The first-order valence-corrected chi connectivity index (χ1v) is 10.3. The molecular formula is C22H36. The van der Waals surface area contributed by atoms with Crippen molar-refractivity contribution in [2.45, 2.75) is 96.3 Å². The summed E-state index contributed by atoms with van der Waals surface area (Å²) < 4.78 is 0. The molecule has 1 atom stereocenters. The molecule has 124 valence electrons. The zero-order valence-electron chi connectivity index (χ0n) is 14.6. The fourth-order valence-corrected chi connectivity index (χ4v) is 5.04. The molecule has 0 spiro atoms. The van der Waals surface area contributed by atoms with Gasteiger partial charge in [0, 0.05) is 0 Å².